The van der Waals surface area contributed by atoms with E-state index in [0.29, 0.717) is 0 Å². The van der Waals surface area contributed by atoms with E-state index in [2.05, 4.69) is 11.0 Å². The fourth-order valence-corrected chi connectivity index (χ4v) is 1.92. The predicted molar refractivity (Wildman–Crippen MR) is 76.6 cm³/mol. The highest BCUT2D eigenvalue weighted by molar-refractivity contribution is 5.75. The highest BCUT2D eigenvalue weighted by Crippen LogP contribution is 2.30. The van der Waals surface area contributed by atoms with Crippen LogP contribution in [-0.2, 0) is 0 Å². The Kier molecular flexibility index (Phi) is 3.42. The van der Waals surface area contributed by atoms with Crippen molar-refractivity contribution in [2.24, 2.45) is 0 Å². The molecule has 0 aliphatic carbocycles. The number of ether oxygens (including phenoxy) is 1. The Bertz CT molecular complexity index is 535. The monoisotopic (exact) mass is 242 g/mol. The standard InChI is InChI=1S/C15H18N2O/c1-11-4-9-15(14(16)10-11)17(2)12-5-7-13(18-3)8-6-12/h4-10H,16H2,1-3H3. The highest BCUT2D eigenvalue weighted by atomic mass is 16.5. The molecule has 0 aromatic heterocycles. The molecule has 0 atom stereocenters. The Balaban J connectivity index is 2.31. The van der Waals surface area contributed by atoms with Crippen molar-refractivity contribution in [2.45, 2.75) is 6.92 Å². The molecule has 0 heterocycles. The first kappa shape index (κ1) is 12.3. The van der Waals surface area contributed by atoms with Gasteiger partial charge in [-0.2, -0.15) is 0 Å². The van der Waals surface area contributed by atoms with Gasteiger partial charge in [0, 0.05) is 12.7 Å². The summed E-state index contributed by atoms with van der Waals surface area (Å²) < 4.78 is 5.15. The third kappa shape index (κ3) is 2.40. The highest BCUT2D eigenvalue weighted by Gasteiger charge is 2.07. The average molecular weight is 242 g/mol. The van der Waals surface area contributed by atoms with Crippen molar-refractivity contribution < 1.29 is 4.74 Å². The van der Waals surface area contributed by atoms with Crippen LogP contribution in [0.4, 0.5) is 17.1 Å². The zero-order valence-corrected chi connectivity index (χ0v) is 11.0. The van der Waals surface area contributed by atoms with Gasteiger partial charge in [0.25, 0.3) is 0 Å². The number of methoxy groups -OCH3 is 1. The van der Waals surface area contributed by atoms with E-state index in [4.69, 9.17) is 10.5 Å². The minimum absolute atomic E-state index is 0.785. The van der Waals surface area contributed by atoms with Crippen molar-refractivity contribution in [1.82, 2.24) is 0 Å². The zero-order chi connectivity index (χ0) is 13.1. The number of hydrogen-bond donors (Lipinski definition) is 1. The number of benzene rings is 2. The molecule has 2 rings (SSSR count). The Morgan fingerprint density at radius 1 is 1.06 bits per heavy atom. The molecule has 3 heteroatoms. The van der Waals surface area contributed by atoms with Crippen LogP contribution in [0.3, 0.4) is 0 Å². The molecular weight excluding hydrogens is 224 g/mol. The van der Waals surface area contributed by atoms with Crippen molar-refractivity contribution in [3.8, 4) is 5.75 Å². The van der Waals surface area contributed by atoms with Gasteiger partial charge in [-0.1, -0.05) is 6.07 Å². The molecule has 3 nitrogen and oxygen atoms in total. The van der Waals surface area contributed by atoms with Gasteiger partial charge in [-0.05, 0) is 48.9 Å². The largest absolute Gasteiger partial charge is 0.497 e. The Morgan fingerprint density at radius 3 is 2.28 bits per heavy atom. The van der Waals surface area contributed by atoms with Crippen LogP contribution in [-0.4, -0.2) is 14.2 Å². The lowest BCUT2D eigenvalue weighted by atomic mass is 10.1. The maximum Gasteiger partial charge on any atom is 0.119 e. The van der Waals surface area contributed by atoms with Crippen LogP contribution in [0.25, 0.3) is 0 Å². The van der Waals surface area contributed by atoms with Crippen molar-refractivity contribution in [2.75, 3.05) is 24.8 Å². The van der Waals surface area contributed by atoms with E-state index in [-0.39, 0.29) is 0 Å². The summed E-state index contributed by atoms with van der Waals surface area (Å²) in [6.07, 6.45) is 0. The van der Waals surface area contributed by atoms with E-state index in [1.54, 1.807) is 7.11 Å². The minimum Gasteiger partial charge on any atom is -0.497 e. The molecule has 0 aliphatic heterocycles. The van der Waals surface area contributed by atoms with Crippen LogP contribution < -0.4 is 15.4 Å². The second-order valence-electron chi connectivity index (χ2n) is 4.32. The molecule has 0 fully saturated rings. The average Bonchev–Trinajstić information content (AvgIpc) is 2.38. The van der Waals surface area contributed by atoms with Gasteiger partial charge in [0.1, 0.15) is 5.75 Å². The van der Waals surface area contributed by atoms with Crippen LogP contribution in [0.5, 0.6) is 5.75 Å². The van der Waals surface area contributed by atoms with Crippen molar-refractivity contribution in [3.63, 3.8) is 0 Å². The summed E-state index contributed by atoms with van der Waals surface area (Å²) in [5.74, 6) is 0.851. The number of rotatable bonds is 3. The molecule has 0 radical (unpaired) electrons. The molecule has 0 spiro atoms. The lowest BCUT2D eigenvalue weighted by Gasteiger charge is -2.21. The summed E-state index contributed by atoms with van der Waals surface area (Å²) in [6.45, 7) is 2.04. The first-order chi connectivity index (χ1) is 8.61. The summed E-state index contributed by atoms with van der Waals surface area (Å²) in [5, 5.41) is 0. The Hall–Kier alpha value is -2.16. The SMILES string of the molecule is COc1ccc(N(C)c2ccc(C)cc2N)cc1. The van der Waals surface area contributed by atoms with E-state index in [0.717, 1.165) is 22.8 Å². The van der Waals surface area contributed by atoms with Gasteiger partial charge < -0.3 is 15.4 Å². The van der Waals surface area contributed by atoms with Gasteiger partial charge in [0.15, 0.2) is 0 Å². The second kappa shape index (κ2) is 5.00. The molecule has 0 unspecified atom stereocenters. The van der Waals surface area contributed by atoms with Gasteiger partial charge in [0.05, 0.1) is 18.5 Å². The van der Waals surface area contributed by atoms with E-state index >= 15 is 0 Å². The molecule has 2 aromatic carbocycles. The Morgan fingerprint density at radius 2 is 1.72 bits per heavy atom. The Labute approximate surface area is 108 Å². The van der Waals surface area contributed by atoms with Crippen LogP contribution in [0, 0.1) is 6.92 Å². The summed E-state index contributed by atoms with van der Waals surface area (Å²) in [6, 6.07) is 14.0. The first-order valence-corrected chi connectivity index (χ1v) is 5.85. The number of nitrogens with two attached hydrogens (primary N) is 1. The number of hydrogen-bond acceptors (Lipinski definition) is 3. The van der Waals surface area contributed by atoms with E-state index in [1.807, 2.05) is 50.4 Å². The van der Waals surface area contributed by atoms with Crippen LogP contribution in [0.2, 0.25) is 0 Å². The van der Waals surface area contributed by atoms with Gasteiger partial charge >= 0.3 is 0 Å². The normalized spacial score (nSPS) is 10.2. The quantitative estimate of drug-likeness (QED) is 0.839. The molecule has 0 aliphatic rings. The minimum atomic E-state index is 0.785. The third-order valence-electron chi connectivity index (χ3n) is 3.00. The smallest absolute Gasteiger partial charge is 0.119 e. The van der Waals surface area contributed by atoms with E-state index in [9.17, 15) is 0 Å². The van der Waals surface area contributed by atoms with Crippen LogP contribution in [0.1, 0.15) is 5.56 Å². The van der Waals surface area contributed by atoms with Crippen LogP contribution in [0.15, 0.2) is 42.5 Å². The van der Waals surface area contributed by atoms with Crippen molar-refractivity contribution >= 4 is 17.1 Å². The molecule has 18 heavy (non-hydrogen) atoms. The summed E-state index contributed by atoms with van der Waals surface area (Å²) in [7, 11) is 3.67. The third-order valence-corrected chi connectivity index (χ3v) is 3.00. The molecule has 2 N–H and O–H groups in total. The number of aryl methyl sites for hydroxylation is 1. The fraction of sp³-hybridized carbons (Fsp3) is 0.200. The van der Waals surface area contributed by atoms with Crippen molar-refractivity contribution in [3.05, 3.63) is 48.0 Å². The predicted octanol–water partition coefficient (Wildman–Crippen LogP) is 3.35. The van der Waals surface area contributed by atoms with Gasteiger partial charge in [-0.25, -0.2) is 0 Å². The van der Waals surface area contributed by atoms with E-state index < -0.39 is 0 Å². The van der Waals surface area contributed by atoms with Crippen molar-refractivity contribution in [1.29, 1.82) is 0 Å². The first-order valence-electron chi connectivity index (χ1n) is 5.85. The summed E-state index contributed by atoms with van der Waals surface area (Å²) in [4.78, 5) is 2.06. The van der Waals surface area contributed by atoms with Crippen LogP contribution >= 0.6 is 0 Å². The maximum absolute atomic E-state index is 6.05. The lowest BCUT2D eigenvalue weighted by Crippen LogP contribution is -2.11. The number of anilines is 3. The van der Waals surface area contributed by atoms with E-state index in [1.165, 1.54) is 5.56 Å². The lowest BCUT2D eigenvalue weighted by molar-refractivity contribution is 0.415. The summed E-state index contributed by atoms with van der Waals surface area (Å²) in [5.41, 5.74) is 10.1. The molecule has 0 bridgehead atoms. The molecule has 0 saturated heterocycles. The zero-order valence-electron chi connectivity index (χ0n) is 11.0. The fourth-order valence-electron chi connectivity index (χ4n) is 1.92. The summed E-state index contributed by atoms with van der Waals surface area (Å²) >= 11 is 0. The van der Waals surface area contributed by atoms with Gasteiger partial charge in [0.2, 0.25) is 0 Å². The topological polar surface area (TPSA) is 38.5 Å². The molecule has 2 aromatic rings. The molecular formula is C15H18N2O. The number of nitrogens with zero attached hydrogens (tertiary/aromatic N) is 1. The maximum atomic E-state index is 6.05. The number of nitrogen functional groups attached to an aromatic ring is 1. The van der Waals surface area contributed by atoms with Gasteiger partial charge in [-0.15, -0.1) is 0 Å². The molecule has 0 amide bonds. The second-order valence-corrected chi connectivity index (χ2v) is 4.32. The molecule has 94 valence electrons. The molecule has 0 saturated carbocycles. The van der Waals surface area contributed by atoms with Gasteiger partial charge in [-0.3, -0.25) is 0 Å².